The van der Waals surface area contributed by atoms with E-state index >= 15 is 0 Å². The van der Waals surface area contributed by atoms with Gasteiger partial charge in [-0.15, -0.1) is 0 Å². The third-order valence-electron chi connectivity index (χ3n) is 3.64. The van der Waals surface area contributed by atoms with Crippen molar-refractivity contribution in [3.8, 4) is 11.5 Å². The number of hydrogen-bond acceptors (Lipinski definition) is 5. The summed E-state index contributed by atoms with van der Waals surface area (Å²) in [6.07, 6.45) is 0. The molecule has 0 aliphatic rings. The maximum Gasteiger partial charge on any atom is 0.338 e. The molecule has 0 N–H and O–H groups in total. The van der Waals surface area contributed by atoms with Crippen molar-refractivity contribution < 1.29 is 19.2 Å². The quantitative estimate of drug-likeness (QED) is 0.323. The Morgan fingerprint density at radius 1 is 1.00 bits per heavy atom. The largest absolute Gasteiger partial charge is 0.457 e. The van der Waals surface area contributed by atoms with Gasteiger partial charge in [-0.2, -0.15) is 0 Å². The van der Waals surface area contributed by atoms with E-state index in [0.717, 1.165) is 0 Å². The Morgan fingerprint density at radius 2 is 1.70 bits per heavy atom. The normalized spacial score (nSPS) is 10.3. The molecular weight excluding hydrogens is 370 g/mol. The van der Waals surface area contributed by atoms with Crippen LogP contribution in [0.4, 0.5) is 5.69 Å². The molecule has 0 heterocycles. The van der Waals surface area contributed by atoms with Crippen LogP contribution in [-0.2, 0) is 11.3 Å². The Balaban J connectivity index is 1.73. The Labute approximate surface area is 160 Å². The minimum atomic E-state index is -0.543. The number of benzene rings is 3. The lowest BCUT2D eigenvalue weighted by Crippen LogP contribution is -2.05. The van der Waals surface area contributed by atoms with Crippen molar-refractivity contribution in [3.63, 3.8) is 0 Å². The summed E-state index contributed by atoms with van der Waals surface area (Å²) in [5.41, 5.74) is 0.612. The van der Waals surface area contributed by atoms with Crippen molar-refractivity contribution in [3.05, 3.63) is 99.1 Å². The van der Waals surface area contributed by atoms with Gasteiger partial charge in [-0.05, 0) is 48.0 Å². The fraction of sp³-hybridized carbons (Fsp3) is 0.0500. The van der Waals surface area contributed by atoms with E-state index in [-0.39, 0.29) is 18.0 Å². The number of rotatable bonds is 6. The molecule has 0 aliphatic heterocycles. The maximum atomic E-state index is 12.0. The van der Waals surface area contributed by atoms with Crippen LogP contribution in [0.2, 0.25) is 5.02 Å². The first-order valence-electron chi connectivity index (χ1n) is 7.96. The van der Waals surface area contributed by atoms with Gasteiger partial charge >= 0.3 is 11.7 Å². The van der Waals surface area contributed by atoms with Gasteiger partial charge in [0.2, 0.25) is 5.75 Å². The average Bonchev–Trinajstić information content (AvgIpc) is 2.68. The number of hydrogen-bond donors (Lipinski definition) is 0. The van der Waals surface area contributed by atoms with Crippen molar-refractivity contribution in [1.82, 2.24) is 0 Å². The van der Waals surface area contributed by atoms with Crippen LogP contribution in [0.5, 0.6) is 11.5 Å². The molecule has 0 aliphatic carbocycles. The summed E-state index contributed by atoms with van der Waals surface area (Å²) in [5.74, 6) is 0.0559. The van der Waals surface area contributed by atoms with Gasteiger partial charge in [0.15, 0.2) is 0 Å². The molecule has 27 heavy (non-hydrogen) atoms. The van der Waals surface area contributed by atoms with E-state index in [1.54, 1.807) is 54.6 Å². The monoisotopic (exact) mass is 383 g/mol. The van der Waals surface area contributed by atoms with Gasteiger partial charge < -0.3 is 9.47 Å². The van der Waals surface area contributed by atoms with E-state index in [4.69, 9.17) is 21.1 Å². The van der Waals surface area contributed by atoms with Crippen LogP contribution in [-0.4, -0.2) is 10.9 Å². The van der Waals surface area contributed by atoms with Crippen molar-refractivity contribution >= 4 is 23.3 Å². The molecule has 0 spiro atoms. The average molecular weight is 384 g/mol. The highest BCUT2D eigenvalue weighted by Gasteiger charge is 2.17. The van der Waals surface area contributed by atoms with E-state index in [2.05, 4.69) is 0 Å². The molecule has 0 radical (unpaired) electrons. The second kappa shape index (κ2) is 8.33. The van der Waals surface area contributed by atoms with Crippen LogP contribution < -0.4 is 4.74 Å². The molecule has 136 valence electrons. The zero-order valence-electron chi connectivity index (χ0n) is 14.0. The number of ether oxygens (including phenoxy) is 2. The number of esters is 1. The first-order valence-corrected chi connectivity index (χ1v) is 8.33. The summed E-state index contributed by atoms with van der Waals surface area (Å²) < 4.78 is 10.8. The first-order chi connectivity index (χ1) is 13.0. The molecule has 0 aromatic heterocycles. The molecule has 3 aromatic rings. The Hall–Kier alpha value is -3.38. The molecular formula is C20H14ClNO5. The summed E-state index contributed by atoms with van der Waals surface area (Å²) in [6, 6.07) is 19.4. The van der Waals surface area contributed by atoms with Crippen LogP contribution in [0.1, 0.15) is 15.9 Å². The molecule has 0 atom stereocenters. The molecule has 0 bridgehead atoms. The number of carbonyl (C=O) groups is 1. The number of halogens is 1. The van der Waals surface area contributed by atoms with Crippen LogP contribution in [0.15, 0.2) is 72.8 Å². The fourth-order valence-electron chi connectivity index (χ4n) is 2.32. The van der Waals surface area contributed by atoms with Crippen molar-refractivity contribution in [2.45, 2.75) is 6.61 Å². The Morgan fingerprint density at radius 3 is 2.37 bits per heavy atom. The molecule has 0 unspecified atom stereocenters. The summed E-state index contributed by atoms with van der Waals surface area (Å²) in [5, 5.41) is 11.9. The lowest BCUT2D eigenvalue weighted by molar-refractivity contribution is -0.385. The van der Waals surface area contributed by atoms with E-state index < -0.39 is 10.9 Å². The number of nitrogens with zero attached hydrogens (tertiary/aromatic N) is 1. The minimum absolute atomic E-state index is 0.103. The first kappa shape index (κ1) is 18.4. The SMILES string of the molecule is O=C(OCc1ccc(Oc2ccccc2)c([N+](=O)[O-])c1)c1ccc(Cl)cc1. The lowest BCUT2D eigenvalue weighted by atomic mass is 10.2. The summed E-state index contributed by atoms with van der Waals surface area (Å²) >= 11 is 5.78. The predicted molar refractivity (Wildman–Crippen MR) is 100 cm³/mol. The smallest absolute Gasteiger partial charge is 0.338 e. The number of carbonyl (C=O) groups excluding carboxylic acids is 1. The van der Waals surface area contributed by atoms with Crippen molar-refractivity contribution in [2.75, 3.05) is 0 Å². The molecule has 6 nitrogen and oxygen atoms in total. The van der Waals surface area contributed by atoms with E-state index in [9.17, 15) is 14.9 Å². The molecule has 0 amide bonds. The second-order valence-electron chi connectivity index (χ2n) is 5.56. The topological polar surface area (TPSA) is 78.7 Å². The van der Waals surface area contributed by atoms with E-state index in [0.29, 0.717) is 21.9 Å². The maximum absolute atomic E-state index is 12.0. The highest BCUT2D eigenvalue weighted by Crippen LogP contribution is 2.32. The zero-order chi connectivity index (χ0) is 19.2. The minimum Gasteiger partial charge on any atom is -0.457 e. The van der Waals surface area contributed by atoms with Crippen molar-refractivity contribution in [1.29, 1.82) is 0 Å². The van der Waals surface area contributed by atoms with Gasteiger partial charge in [0, 0.05) is 11.1 Å². The third-order valence-corrected chi connectivity index (χ3v) is 3.89. The van der Waals surface area contributed by atoms with Gasteiger partial charge in [-0.25, -0.2) is 4.79 Å². The van der Waals surface area contributed by atoms with Gasteiger partial charge in [-0.3, -0.25) is 10.1 Å². The van der Waals surface area contributed by atoms with E-state index in [1.165, 1.54) is 12.1 Å². The summed E-state index contributed by atoms with van der Waals surface area (Å²) in [6.45, 7) is -0.103. The second-order valence-corrected chi connectivity index (χ2v) is 5.99. The Kier molecular flexibility index (Phi) is 5.68. The number of nitro groups is 1. The molecule has 7 heteroatoms. The predicted octanol–water partition coefficient (Wildman–Crippen LogP) is 5.40. The van der Waals surface area contributed by atoms with Gasteiger partial charge in [0.25, 0.3) is 0 Å². The summed E-state index contributed by atoms with van der Waals surface area (Å²) in [4.78, 5) is 22.9. The van der Waals surface area contributed by atoms with Crippen LogP contribution in [0.25, 0.3) is 0 Å². The van der Waals surface area contributed by atoms with Crippen LogP contribution in [0.3, 0.4) is 0 Å². The highest BCUT2D eigenvalue weighted by atomic mass is 35.5. The highest BCUT2D eigenvalue weighted by molar-refractivity contribution is 6.30. The Bertz CT molecular complexity index is 958. The third kappa shape index (κ3) is 4.83. The van der Waals surface area contributed by atoms with Crippen LogP contribution in [0, 0.1) is 10.1 Å². The zero-order valence-corrected chi connectivity index (χ0v) is 14.8. The molecule has 0 fully saturated rings. The number of nitro benzene ring substituents is 1. The van der Waals surface area contributed by atoms with Gasteiger partial charge in [0.05, 0.1) is 10.5 Å². The van der Waals surface area contributed by atoms with Crippen molar-refractivity contribution in [2.24, 2.45) is 0 Å². The molecule has 3 rings (SSSR count). The van der Waals surface area contributed by atoms with Crippen LogP contribution >= 0.6 is 11.6 Å². The summed E-state index contributed by atoms with van der Waals surface area (Å²) in [7, 11) is 0. The molecule has 0 saturated carbocycles. The van der Waals surface area contributed by atoms with Gasteiger partial charge in [-0.1, -0.05) is 35.9 Å². The fourth-order valence-corrected chi connectivity index (χ4v) is 2.44. The van der Waals surface area contributed by atoms with E-state index in [1.807, 2.05) is 6.07 Å². The van der Waals surface area contributed by atoms with Gasteiger partial charge in [0.1, 0.15) is 12.4 Å². The molecule has 0 saturated heterocycles. The molecule has 3 aromatic carbocycles. The standard InChI is InChI=1S/C20H14ClNO5/c21-16-9-7-15(8-10-16)20(23)26-13-14-6-11-19(18(12-14)22(24)25)27-17-4-2-1-3-5-17/h1-12H,13H2. The number of para-hydroxylation sites is 1. The lowest BCUT2D eigenvalue weighted by Gasteiger charge is -2.09.